The van der Waals surface area contributed by atoms with Crippen LogP contribution in [0.25, 0.3) is 0 Å². The molecule has 0 saturated carbocycles. The average Bonchev–Trinajstić information content (AvgIpc) is 2.45. The van der Waals surface area contributed by atoms with Crippen molar-refractivity contribution in [3.63, 3.8) is 0 Å². The smallest absolute Gasteiger partial charge is 0.121 e. The summed E-state index contributed by atoms with van der Waals surface area (Å²) in [5.74, 6) is 0.876. The van der Waals surface area contributed by atoms with Crippen LogP contribution in [0.1, 0.15) is 48.6 Å². The number of benzene rings is 2. The van der Waals surface area contributed by atoms with Crippen molar-refractivity contribution < 1.29 is 10.2 Å². The average molecular weight is 296 g/mol. The molecule has 2 heteroatoms. The van der Waals surface area contributed by atoms with Gasteiger partial charge >= 0.3 is 0 Å². The Hall–Kier alpha value is -1.96. The van der Waals surface area contributed by atoms with Gasteiger partial charge in [0.2, 0.25) is 0 Å². The second-order valence-electron chi connectivity index (χ2n) is 7.32. The number of phenols is 2. The number of hydrogen-bond donors (Lipinski definition) is 2. The molecule has 2 aromatic carbocycles. The minimum absolute atomic E-state index is 0.0672. The van der Waals surface area contributed by atoms with Crippen LogP contribution < -0.4 is 0 Å². The Balaban J connectivity index is 2.09. The molecule has 116 valence electrons. The zero-order chi connectivity index (χ0) is 15.9. The van der Waals surface area contributed by atoms with Crippen LogP contribution in [0.5, 0.6) is 11.5 Å². The fourth-order valence-electron chi connectivity index (χ4n) is 3.16. The van der Waals surface area contributed by atoms with E-state index in [-0.39, 0.29) is 5.41 Å². The van der Waals surface area contributed by atoms with Crippen LogP contribution in [-0.2, 0) is 31.1 Å². The first kappa shape index (κ1) is 15.0. The van der Waals surface area contributed by atoms with E-state index in [1.165, 1.54) is 5.56 Å². The van der Waals surface area contributed by atoms with Crippen molar-refractivity contribution in [3.8, 4) is 11.5 Å². The van der Waals surface area contributed by atoms with Crippen molar-refractivity contribution in [3.05, 3.63) is 58.1 Å². The maximum atomic E-state index is 10.6. The zero-order valence-corrected chi connectivity index (χ0v) is 13.6. The van der Waals surface area contributed by atoms with E-state index < -0.39 is 0 Å². The molecular formula is C20H24O2. The molecule has 0 aliphatic heterocycles. The Morgan fingerprint density at radius 2 is 1.14 bits per heavy atom. The van der Waals surface area contributed by atoms with Crippen LogP contribution in [0.2, 0.25) is 0 Å². The molecule has 4 bridgehead atoms. The molecule has 1 aliphatic carbocycles. The van der Waals surface area contributed by atoms with E-state index in [9.17, 15) is 10.2 Å². The normalized spacial score (nSPS) is 14.7. The minimum atomic E-state index is 0.0672. The molecule has 0 amide bonds. The SMILES string of the molecule is CC(C)(C)c1cc2c(O)c(c1)CCc1cccc(c1O)CC2. The van der Waals surface area contributed by atoms with Crippen molar-refractivity contribution in [1.82, 2.24) is 0 Å². The van der Waals surface area contributed by atoms with Gasteiger partial charge in [-0.3, -0.25) is 0 Å². The number of fused-ring (bicyclic) bond motifs is 4. The zero-order valence-electron chi connectivity index (χ0n) is 13.6. The van der Waals surface area contributed by atoms with E-state index in [4.69, 9.17) is 0 Å². The second kappa shape index (κ2) is 5.35. The van der Waals surface area contributed by atoms with Gasteiger partial charge in [0.25, 0.3) is 0 Å². The molecule has 0 saturated heterocycles. The summed E-state index contributed by atoms with van der Waals surface area (Å²) in [5.41, 5.74) is 5.27. The predicted molar refractivity (Wildman–Crippen MR) is 89.7 cm³/mol. The molecule has 3 rings (SSSR count). The van der Waals surface area contributed by atoms with Gasteiger partial charge in [-0.1, -0.05) is 51.1 Å². The van der Waals surface area contributed by atoms with Crippen molar-refractivity contribution in [2.75, 3.05) is 0 Å². The molecule has 0 spiro atoms. The van der Waals surface area contributed by atoms with Gasteiger partial charge < -0.3 is 10.2 Å². The summed E-state index contributed by atoms with van der Waals surface area (Å²) < 4.78 is 0. The van der Waals surface area contributed by atoms with Crippen molar-refractivity contribution in [2.24, 2.45) is 0 Å². The van der Waals surface area contributed by atoms with Crippen molar-refractivity contribution >= 4 is 0 Å². The Morgan fingerprint density at radius 3 is 1.59 bits per heavy atom. The first-order valence-electron chi connectivity index (χ1n) is 8.01. The monoisotopic (exact) mass is 296 g/mol. The molecule has 0 radical (unpaired) electrons. The molecule has 1 aliphatic rings. The molecule has 22 heavy (non-hydrogen) atoms. The molecule has 0 aromatic heterocycles. The van der Waals surface area contributed by atoms with Crippen LogP contribution in [0.4, 0.5) is 0 Å². The Labute approximate surface area is 132 Å². The van der Waals surface area contributed by atoms with Gasteiger partial charge in [-0.25, -0.2) is 0 Å². The highest BCUT2D eigenvalue weighted by Crippen LogP contribution is 2.35. The van der Waals surface area contributed by atoms with Crippen LogP contribution >= 0.6 is 0 Å². The highest BCUT2D eigenvalue weighted by atomic mass is 16.3. The largest absolute Gasteiger partial charge is 0.507 e. The number of aryl methyl sites for hydroxylation is 4. The van der Waals surface area contributed by atoms with Crippen molar-refractivity contribution in [2.45, 2.75) is 51.9 Å². The molecule has 0 heterocycles. The third kappa shape index (κ3) is 2.70. The van der Waals surface area contributed by atoms with E-state index in [1.807, 2.05) is 18.2 Å². The van der Waals surface area contributed by atoms with Gasteiger partial charge in [0.15, 0.2) is 0 Å². The highest BCUT2D eigenvalue weighted by Gasteiger charge is 2.20. The maximum absolute atomic E-state index is 10.6. The standard InChI is InChI=1S/C20H24O2/c1-20(2,3)17-11-15-9-7-13-5-4-6-14(18(13)21)8-10-16(12-17)19(15)22/h4-6,11-12,21-22H,7-10H2,1-3H3. The summed E-state index contributed by atoms with van der Waals surface area (Å²) in [5, 5.41) is 20.9. The third-order valence-corrected chi connectivity index (χ3v) is 4.66. The summed E-state index contributed by atoms with van der Waals surface area (Å²) in [6.07, 6.45) is 3.00. The molecule has 2 aromatic rings. The first-order chi connectivity index (χ1) is 10.4. The highest BCUT2D eigenvalue weighted by molar-refractivity contribution is 5.49. The van der Waals surface area contributed by atoms with Gasteiger partial charge in [0, 0.05) is 0 Å². The van der Waals surface area contributed by atoms with E-state index in [2.05, 4.69) is 32.9 Å². The van der Waals surface area contributed by atoms with Crippen LogP contribution in [0.3, 0.4) is 0 Å². The van der Waals surface area contributed by atoms with Gasteiger partial charge in [0.05, 0.1) is 0 Å². The number of phenolic OH excluding ortho intramolecular Hbond substituents is 2. The molecule has 0 atom stereocenters. The Kier molecular flexibility index (Phi) is 3.64. The Bertz CT molecular complexity index is 661. The second-order valence-corrected chi connectivity index (χ2v) is 7.32. The van der Waals surface area contributed by atoms with E-state index in [0.29, 0.717) is 11.5 Å². The first-order valence-corrected chi connectivity index (χ1v) is 8.01. The maximum Gasteiger partial charge on any atom is 0.121 e. The van der Waals surface area contributed by atoms with Crippen molar-refractivity contribution in [1.29, 1.82) is 0 Å². The summed E-state index contributed by atoms with van der Waals surface area (Å²) in [7, 11) is 0. The Morgan fingerprint density at radius 1 is 0.727 bits per heavy atom. The lowest BCUT2D eigenvalue weighted by molar-refractivity contribution is 0.448. The van der Waals surface area contributed by atoms with E-state index >= 15 is 0 Å². The number of hydrogen-bond acceptors (Lipinski definition) is 2. The molecule has 0 fully saturated rings. The molecule has 2 nitrogen and oxygen atoms in total. The lowest BCUT2D eigenvalue weighted by atomic mass is 9.82. The summed E-state index contributed by atoms with van der Waals surface area (Å²) >= 11 is 0. The van der Waals surface area contributed by atoms with E-state index in [1.54, 1.807) is 0 Å². The lowest BCUT2D eigenvalue weighted by Gasteiger charge is -2.23. The fraction of sp³-hybridized carbons (Fsp3) is 0.400. The number of rotatable bonds is 0. The van der Waals surface area contributed by atoms with E-state index in [0.717, 1.165) is 47.9 Å². The van der Waals surface area contributed by atoms with Crippen LogP contribution in [0, 0.1) is 0 Å². The molecule has 0 unspecified atom stereocenters. The third-order valence-electron chi connectivity index (χ3n) is 4.66. The number of aromatic hydroxyl groups is 2. The predicted octanol–water partition coefficient (Wildman–Crippen LogP) is 4.28. The topological polar surface area (TPSA) is 40.5 Å². The minimum Gasteiger partial charge on any atom is -0.507 e. The van der Waals surface area contributed by atoms with Crippen LogP contribution in [0.15, 0.2) is 30.3 Å². The molecular weight excluding hydrogens is 272 g/mol. The number of para-hydroxylation sites is 1. The molecule has 2 N–H and O–H groups in total. The summed E-state index contributed by atoms with van der Waals surface area (Å²) in [4.78, 5) is 0. The summed E-state index contributed by atoms with van der Waals surface area (Å²) in [6.45, 7) is 6.60. The quantitative estimate of drug-likeness (QED) is 0.762. The fourth-order valence-corrected chi connectivity index (χ4v) is 3.16. The van der Waals surface area contributed by atoms with Gasteiger partial charge in [-0.15, -0.1) is 0 Å². The van der Waals surface area contributed by atoms with Gasteiger partial charge in [-0.05, 0) is 58.9 Å². The summed E-state index contributed by atoms with van der Waals surface area (Å²) in [6, 6.07) is 10.2. The van der Waals surface area contributed by atoms with Gasteiger partial charge in [0.1, 0.15) is 11.5 Å². The van der Waals surface area contributed by atoms with Gasteiger partial charge in [-0.2, -0.15) is 0 Å². The lowest BCUT2D eigenvalue weighted by Crippen LogP contribution is -2.13. The van der Waals surface area contributed by atoms with Crippen LogP contribution in [-0.4, -0.2) is 10.2 Å².